The third kappa shape index (κ3) is 7.18. The van der Waals surface area contributed by atoms with Crippen molar-refractivity contribution in [3.8, 4) is 11.5 Å². The average Bonchev–Trinajstić information content (AvgIpc) is 2.67. The Morgan fingerprint density at radius 2 is 1.82 bits per heavy atom. The van der Waals surface area contributed by atoms with E-state index in [1.807, 2.05) is 36.2 Å². The van der Waals surface area contributed by atoms with Crippen LogP contribution in [0.5, 0.6) is 11.5 Å². The van der Waals surface area contributed by atoms with Gasteiger partial charge in [-0.1, -0.05) is 18.2 Å². The fraction of sp³-hybridized carbons (Fsp3) is 0.381. The quantitative estimate of drug-likeness (QED) is 0.256. The van der Waals surface area contributed by atoms with Crippen molar-refractivity contribution in [2.45, 2.75) is 19.4 Å². The lowest BCUT2D eigenvalue weighted by molar-refractivity contribution is 0.354. The lowest BCUT2D eigenvalue weighted by Gasteiger charge is -2.22. The molecule has 0 amide bonds. The van der Waals surface area contributed by atoms with Gasteiger partial charge in [-0.15, -0.1) is 24.0 Å². The Morgan fingerprint density at radius 3 is 2.46 bits per heavy atom. The van der Waals surface area contributed by atoms with Gasteiger partial charge in [0.25, 0.3) is 0 Å². The highest BCUT2D eigenvalue weighted by atomic mass is 127. The molecule has 2 aromatic rings. The summed E-state index contributed by atoms with van der Waals surface area (Å²) in [7, 11) is 6.96. The second-order valence-electron chi connectivity index (χ2n) is 6.25. The van der Waals surface area contributed by atoms with Gasteiger partial charge in [0.15, 0.2) is 17.5 Å². The van der Waals surface area contributed by atoms with Crippen molar-refractivity contribution < 1.29 is 13.9 Å². The number of nitrogens with one attached hydrogen (secondary N) is 1. The van der Waals surface area contributed by atoms with Crippen LogP contribution in [0.2, 0.25) is 0 Å². The van der Waals surface area contributed by atoms with E-state index in [-0.39, 0.29) is 29.8 Å². The number of aliphatic imine (C=N–C) groups is 1. The van der Waals surface area contributed by atoms with E-state index >= 15 is 0 Å². The van der Waals surface area contributed by atoms with Crippen LogP contribution in [-0.4, -0.2) is 45.7 Å². The van der Waals surface area contributed by atoms with Gasteiger partial charge in [-0.3, -0.25) is 4.99 Å². The lowest BCUT2D eigenvalue weighted by atomic mass is 10.1. The number of rotatable bonds is 8. The van der Waals surface area contributed by atoms with Gasteiger partial charge in [-0.25, -0.2) is 4.39 Å². The predicted octanol–water partition coefficient (Wildman–Crippen LogP) is 4.10. The first kappa shape index (κ1) is 24.0. The molecular weight excluding hydrogens is 472 g/mol. The number of benzene rings is 2. The summed E-state index contributed by atoms with van der Waals surface area (Å²) in [5.41, 5.74) is 2.10. The SMILES string of the molecule is CN=C(NCCCc1ccc(OC)c(OC)c1)N(C)Cc1cccc(F)c1.I. The zero-order valence-electron chi connectivity index (χ0n) is 16.9. The second kappa shape index (κ2) is 12.4. The lowest BCUT2D eigenvalue weighted by Crippen LogP contribution is -2.39. The third-order valence-electron chi connectivity index (χ3n) is 4.26. The van der Waals surface area contributed by atoms with Crippen molar-refractivity contribution in [2.75, 3.05) is 34.9 Å². The minimum Gasteiger partial charge on any atom is -0.493 e. The summed E-state index contributed by atoms with van der Waals surface area (Å²) < 4.78 is 23.9. The summed E-state index contributed by atoms with van der Waals surface area (Å²) in [6, 6.07) is 12.6. The number of aryl methyl sites for hydroxylation is 1. The number of nitrogens with zero attached hydrogens (tertiary/aromatic N) is 2. The number of ether oxygens (including phenoxy) is 2. The highest BCUT2D eigenvalue weighted by Gasteiger charge is 2.08. The molecule has 0 spiro atoms. The fourth-order valence-electron chi connectivity index (χ4n) is 2.90. The van der Waals surface area contributed by atoms with E-state index in [4.69, 9.17) is 9.47 Å². The van der Waals surface area contributed by atoms with E-state index < -0.39 is 0 Å². The molecule has 0 aromatic heterocycles. The summed E-state index contributed by atoms with van der Waals surface area (Å²) in [5, 5.41) is 3.35. The van der Waals surface area contributed by atoms with E-state index in [1.165, 1.54) is 11.6 Å². The number of guanidine groups is 1. The van der Waals surface area contributed by atoms with Crippen LogP contribution in [0.4, 0.5) is 4.39 Å². The molecule has 2 aromatic carbocycles. The summed E-state index contributed by atoms with van der Waals surface area (Å²) in [6.07, 6.45) is 1.86. The van der Waals surface area contributed by atoms with Gasteiger partial charge in [0, 0.05) is 27.2 Å². The molecule has 2 rings (SSSR count). The zero-order valence-corrected chi connectivity index (χ0v) is 19.2. The van der Waals surface area contributed by atoms with Gasteiger partial charge in [0.05, 0.1) is 14.2 Å². The van der Waals surface area contributed by atoms with Gasteiger partial charge in [-0.2, -0.15) is 0 Å². The Morgan fingerprint density at radius 1 is 1.07 bits per heavy atom. The number of hydrogen-bond donors (Lipinski definition) is 1. The molecule has 0 aliphatic carbocycles. The first-order valence-electron chi connectivity index (χ1n) is 8.94. The second-order valence-corrected chi connectivity index (χ2v) is 6.25. The molecule has 0 fully saturated rings. The number of hydrogen-bond acceptors (Lipinski definition) is 3. The third-order valence-corrected chi connectivity index (χ3v) is 4.26. The normalized spacial score (nSPS) is 10.8. The first-order valence-corrected chi connectivity index (χ1v) is 8.94. The highest BCUT2D eigenvalue weighted by Crippen LogP contribution is 2.27. The summed E-state index contributed by atoms with van der Waals surface area (Å²) in [6.45, 7) is 1.38. The van der Waals surface area contributed by atoms with Crippen LogP contribution in [0.3, 0.4) is 0 Å². The standard InChI is InChI=1S/C21H28FN3O2.HI/c1-23-21(25(2)15-17-7-5-9-18(22)13-17)24-12-6-8-16-10-11-19(26-3)20(14-16)27-4;/h5,7,9-11,13-14H,6,8,12,15H2,1-4H3,(H,23,24);1H. The van der Waals surface area contributed by atoms with Crippen LogP contribution < -0.4 is 14.8 Å². The molecule has 5 nitrogen and oxygen atoms in total. The van der Waals surface area contributed by atoms with E-state index in [0.717, 1.165) is 42.4 Å². The van der Waals surface area contributed by atoms with Crippen molar-refractivity contribution in [3.05, 3.63) is 59.4 Å². The Labute approximate surface area is 184 Å². The molecule has 0 aliphatic rings. The van der Waals surface area contributed by atoms with Crippen molar-refractivity contribution in [1.82, 2.24) is 10.2 Å². The molecule has 7 heteroatoms. The Bertz CT molecular complexity index is 771. The van der Waals surface area contributed by atoms with Crippen molar-refractivity contribution in [2.24, 2.45) is 4.99 Å². The summed E-state index contributed by atoms with van der Waals surface area (Å²) >= 11 is 0. The summed E-state index contributed by atoms with van der Waals surface area (Å²) in [4.78, 5) is 6.28. The van der Waals surface area contributed by atoms with Crippen LogP contribution in [0.25, 0.3) is 0 Å². The maximum absolute atomic E-state index is 13.3. The highest BCUT2D eigenvalue weighted by molar-refractivity contribution is 14.0. The number of methoxy groups -OCH3 is 2. The Kier molecular flexibility index (Phi) is 10.7. The molecule has 0 atom stereocenters. The minimum absolute atomic E-state index is 0. The molecule has 0 saturated heterocycles. The Balaban J connectivity index is 0.00000392. The molecule has 0 bridgehead atoms. The minimum atomic E-state index is -0.223. The van der Waals surface area contributed by atoms with E-state index in [1.54, 1.807) is 33.4 Å². The molecule has 0 unspecified atom stereocenters. The first-order chi connectivity index (χ1) is 13.1. The zero-order chi connectivity index (χ0) is 19.6. The Hall–Kier alpha value is -2.03. The largest absolute Gasteiger partial charge is 0.493 e. The van der Waals surface area contributed by atoms with Crippen LogP contribution in [-0.2, 0) is 13.0 Å². The molecule has 0 saturated carbocycles. The average molecular weight is 501 g/mol. The van der Waals surface area contributed by atoms with Crippen molar-refractivity contribution >= 4 is 29.9 Å². The van der Waals surface area contributed by atoms with Gasteiger partial charge in [0.1, 0.15) is 5.82 Å². The molecule has 154 valence electrons. The van der Waals surface area contributed by atoms with Crippen LogP contribution >= 0.6 is 24.0 Å². The van der Waals surface area contributed by atoms with Crippen LogP contribution in [0.15, 0.2) is 47.5 Å². The molecule has 0 radical (unpaired) electrons. The van der Waals surface area contributed by atoms with E-state index in [9.17, 15) is 4.39 Å². The van der Waals surface area contributed by atoms with E-state index in [2.05, 4.69) is 10.3 Å². The predicted molar refractivity (Wildman–Crippen MR) is 123 cm³/mol. The molecule has 28 heavy (non-hydrogen) atoms. The van der Waals surface area contributed by atoms with Gasteiger partial charge < -0.3 is 19.7 Å². The molecule has 0 aliphatic heterocycles. The monoisotopic (exact) mass is 501 g/mol. The fourth-order valence-corrected chi connectivity index (χ4v) is 2.90. The molecule has 1 N–H and O–H groups in total. The van der Waals surface area contributed by atoms with Gasteiger partial charge in [0.2, 0.25) is 0 Å². The smallest absolute Gasteiger partial charge is 0.193 e. The van der Waals surface area contributed by atoms with E-state index in [0.29, 0.717) is 6.54 Å². The molecule has 0 heterocycles. The molecular formula is C21H29FIN3O2. The maximum atomic E-state index is 13.3. The van der Waals surface area contributed by atoms with Crippen LogP contribution in [0, 0.1) is 5.82 Å². The number of halogens is 2. The maximum Gasteiger partial charge on any atom is 0.193 e. The van der Waals surface area contributed by atoms with Gasteiger partial charge in [-0.05, 0) is 48.2 Å². The van der Waals surface area contributed by atoms with Crippen molar-refractivity contribution in [1.29, 1.82) is 0 Å². The summed E-state index contributed by atoms with van der Waals surface area (Å²) in [5.74, 6) is 2.04. The van der Waals surface area contributed by atoms with Gasteiger partial charge >= 0.3 is 0 Å². The van der Waals surface area contributed by atoms with Crippen molar-refractivity contribution in [3.63, 3.8) is 0 Å². The topological polar surface area (TPSA) is 46.1 Å². The van der Waals surface area contributed by atoms with Crippen LogP contribution in [0.1, 0.15) is 17.5 Å².